The number of carbonyl (C=O) groups is 1. The summed E-state index contributed by atoms with van der Waals surface area (Å²) in [4.78, 5) is 16.2. The second-order valence-electron chi connectivity index (χ2n) is 4.32. The molecule has 0 aliphatic rings. The van der Waals surface area contributed by atoms with Crippen LogP contribution in [0.1, 0.15) is 16.1 Å². The summed E-state index contributed by atoms with van der Waals surface area (Å²) in [5.41, 5.74) is 1.89. The minimum atomic E-state index is -0.246. The van der Waals surface area contributed by atoms with Gasteiger partial charge in [0.25, 0.3) is 5.91 Å². The summed E-state index contributed by atoms with van der Waals surface area (Å²) in [5.74, 6) is 0.0366. The van der Waals surface area contributed by atoms with Crippen LogP contribution in [0.4, 0.5) is 0 Å². The molecule has 1 aromatic carbocycles. The quantitative estimate of drug-likeness (QED) is 0.799. The normalized spacial score (nSPS) is 10.7. The molecule has 0 saturated heterocycles. The van der Waals surface area contributed by atoms with Gasteiger partial charge in [-0.05, 0) is 45.8 Å². The van der Waals surface area contributed by atoms with Gasteiger partial charge in [-0.1, -0.05) is 18.2 Å². The topological polar surface area (TPSA) is 55.1 Å². The largest absolute Gasteiger partial charge is 0.444 e. The fourth-order valence-corrected chi connectivity index (χ4v) is 2.23. The number of amides is 1. The molecule has 2 aromatic heterocycles. The number of carbonyl (C=O) groups excluding carboxylic acids is 1. The molecular weight excluding hydrogens is 320 g/mol. The zero-order valence-electron chi connectivity index (χ0n) is 10.5. The van der Waals surface area contributed by atoms with Crippen LogP contribution in [-0.2, 0) is 6.54 Å². The molecule has 100 valence electrons. The number of hydrogen-bond acceptors (Lipinski definition) is 3. The van der Waals surface area contributed by atoms with E-state index >= 15 is 0 Å². The lowest BCUT2D eigenvalue weighted by atomic mass is 10.1. The molecule has 0 radical (unpaired) electrons. The maximum Gasteiger partial charge on any atom is 0.287 e. The molecule has 0 atom stereocenters. The minimum Gasteiger partial charge on any atom is -0.444 e. The standard InChI is InChI=1S/C15H11BrN2O2/c16-14-6-5-13(20-14)15(19)18-9-10-7-11-3-1-2-4-12(11)17-8-10/h1-8H,9H2,(H,18,19). The van der Waals surface area contributed by atoms with E-state index in [1.54, 1.807) is 18.3 Å². The third-order valence-corrected chi connectivity index (χ3v) is 3.32. The summed E-state index contributed by atoms with van der Waals surface area (Å²) >= 11 is 3.17. The second-order valence-corrected chi connectivity index (χ2v) is 5.10. The SMILES string of the molecule is O=C(NCc1cnc2ccccc2c1)c1ccc(Br)o1. The molecule has 1 amide bonds. The molecule has 20 heavy (non-hydrogen) atoms. The van der Waals surface area contributed by atoms with E-state index in [9.17, 15) is 4.79 Å². The van der Waals surface area contributed by atoms with Crippen molar-refractivity contribution in [2.24, 2.45) is 0 Å². The van der Waals surface area contributed by atoms with Crippen LogP contribution in [0.3, 0.4) is 0 Å². The summed E-state index contributed by atoms with van der Waals surface area (Å²) in [6, 6.07) is 13.2. The van der Waals surface area contributed by atoms with Crippen LogP contribution in [0, 0.1) is 0 Å². The molecule has 2 heterocycles. The molecule has 0 saturated carbocycles. The monoisotopic (exact) mass is 330 g/mol. The molecule has 3 aromatic rings. The Morgan fingerprint density at radius 1 is 1.25 bits per heavy atom. The Hall–Kier alpha value is -2.14. The number of furan rings is 1. The number of para-hydroxylation sites is 1. The summed E-state index contributed by atoms with van der Waals surface area (Å²) < 4.78 is 5.73. The first-order valence-corrected chi connectivity index (χ1v) is 6.89. The Morgan fingerprint density at radius 3 is 2.90 bits per heavy atom. The molecule has 5 heteroatoms. The number of halogens is 1. The first kappa shape index (κ1) is 12.9. The van der Waals surface area contributed by atoms with Crippen molar-refractivity contribution in [1.82, 2.24) is 10.3 Å². The number of aromatic nitrogens is 1. The predicted molar refractivity (Wildman–Crippen MR) is 79.3 cm³/mol. The Kier molecular flexibility index (Phi) is 3.52. The summed E-state index contributed by atoms with van der Waals surface area (Å²) in [7, 11) is 0. The van der Waals surface area contributed by atoms with Gasteiger partial charge < -0.3 is 9.73 Å². The Balaban J connectivity index is 1.72. The van der Waals surface area contributed by atoms with Crippen molar-refractivity contribution >= 4 is 32.7 Å². The zero-order valence-corrected chi connectivity index (χ0v) is 12.1. The van der Waals surface area contributed by atoms with E-state index in [1.165, 1.54) is 0 Å². The molecular formula is C15H11BrN2O2. The van der Waals surface area contributed by atoms with E-state index < -0.39 is 0 Å². The molecule has 0 fully saturated rings. The van der Waals surface area contributed by atoms with Crippen LogP contribution in [0.2, 0.25) is 0 Å². The fraction of sp³-hybridized carbons (Fsp3) is 0.0667. The van der Waals surface area contributed by atoms with Gasteiger partial charge in [0.2, 0.25) is 0 Å². The predicted octanol–water partition coefficient (Wildman–Crippen LogP) is 3.52. The van der Waals surface area contributed by atoms with E-state index in [0.29, 0.717) is 11.2 Å². The van der Waals surface area contributed by atoms with Crippen LogP contribution < -0.4 is 5.32 Å². The van der Waals surface area contributed by atoms with Gasteiger partial charge in [0.05, 0.1) is 5.52 Å². The number of nitrogens with one attached hydrogen (secondary N) is 1. The number of rotatable bonds is 3. The van der Waals surface area contributed by atoms with Crippen LogP contribution in [0.15, 0.2) is 57.7 Å². The van der Waals surface area contributed by atoms with Crippen molar-refractivity contribution in [3.8, 4) is 0 Å². The minimum absolute atomic E-state index is 0.246. The van der Waals surface area contributed by atoms with E-state index in [-0.39, 0.29) is 11.7 Å². The lowest BCUT2D eigenvalue weighted by molar-refractivity contribution is 0.0922. The maximum absolute atomic E-state index is 11.8. The van der Waals surface area contributed by atoms with Gasteiger partial charge in [0.15, 0.2) is 10.4 Å². The number of hydrogen-bond donors (Lipinski definition) is 1. The number of nitrogens with zero attached hydrogens (tertiary/aromatic N) is 1. The molecule has 0 unspecified atom stereocenters. The van der Waals surface area contributed by atoms with Gasteiger partial charge in [0.1, 0.15) is 0 Å². The highest BCUT2D eigenvalue weighted by atomic mass is 79.9. The molecule has 0 aliphatic heterocycles. The number of fused-ring (bicyclic) bond motifs is 1. The fourth-order valence-electron chi connectivity index (χ4n) is 1.92. The van der Waals surface area contributed by atoms with Gasteiger partial charge >= 0.3 is 0 Å². The van der Waals surface area contributed by atoms with Gasteiger partial charge in [-0.2, -0.15) is 0 Å². The van der Waals surface area contributed by atoms with Crippen molar-refractivity contribution in [3.05, 3.63) is 64.7 Å². The molecule has 1 N–H and O–H groups in total. The lowest BCUT2D eigenvalue weighted by Crippen LogP contribution is -2.22. The summed E-state index contributed by atoms with van der Waals surface area (Å²) in [6.45, 7) is 0.412. The number of benzene rings is 1. The Bertz CT molecular complexity index is 767. The van der Waals surface area contributed by atoms with E-state index in [2.05, 4.69) is 26.2 Å². The van der Waals surface area contributed by atoms with Crippen molar-refractivity contribution in [1.29, 1.82) is 0 Å². The highest BCUT2D eigenvalue weighted by Crippen LogP contribution is 2.15. The van der Waals surface area contributed by atoms with Crippen LogP contribution in [0.25, 0.3) is 10.9 Å². The van der Waals surface area contributed by atoms with Crippen molar-refractivity contribution < 1.29 is 9.21 Å². The molecule has 0 spiro atoms. The van der Waals surface area contributed by atoms with Crippen molar-refractivity contribution in [3.63, 3.8) is 0 Å². The first-order valence-electron chi connectivity index (χ1n) is 6.09. The average Bonchev–Trinajstić information content (AvgIpc) is 2.91. The van der Waals surface area contributed by atoms with Crippen LogP contribution in [-0.4, -0.2) is 10.9 Å². The third kappa shape index (κ3) is 2.72. The Labute approximate surface area is 123 Å². The smallest absolute Gasteiger partial charge is 0.287 e. The highest BCUT2D eigenvalue weighted by molar-refractivity contribution is 9.10. The Morgan fingerprint density at radius 2 is 2.10 bits per heavy atom. The van der Waals surface area contributed by atoms with Crippen molar-refractivity contribution in [2.45, 2.75) is 6.54 Å². The van der Waals surface area contributed by atoms with Crippen LogP contribution in [0.5, 0.6) is 0 Å². The first-order chi connectivity index (χ1) is 9.72. The average molecular weight is 331 g/mol. The summed E-state index contributed by atoms with van der Waals surface area (Å²) in [6.07, 6.45) is 1.76. The maximum atomic E-state index is 11.8. The van der Waals surface area contributed by atoms with Gasteiger partial charge in [-0.25, -0.2) is 0 Å². The third-order valence-electron chi connectivity index (χ3n) is 2.90. The lowest BCUT2D eigenvalue weighted by Gasteiger charge is -2.04. The van der Waals surface area contributed by atoms with E-state index in [1.807, 2.05) is 30.3 Å². The second kappa shape index (κ2) is 5.46. The summed E-state index contributed by atoms with van der Waals surface area (Å²) in [5, 5.41) is 3.86. The number of pyridine rings is 1. The van der Waals surface area contributed by atoms with Gasteiger partial charge in [-0.15, -0.1) is 0 Å². The zero-order chi connectivity index (χ0) is 13.9. The van der Waals surface area contributed by atoms with E-state index in [0.717, 1.165) is 16.5 Å². The van der Waals surface area contributed by atoms with Crippen molar-refractivity contribution in [2.75, 3.05) is 0 Å². The van der Waals surface area contributed by atoms with E-state index in [4.69, 9.17) is 4.42 Å². The van der Waals surface area contributed by atoms with Gasteiger partial charge in [0, 0.05) is 18.1 Å². The molecule has 4 nitrogen and oxygen atoms in total. The van der Waals surface area contributed by atoms with Gasteiger partial charge in [-0.3, -0.25) is 9.78 Å². The molecule has 3 rings (SSSR count). The highest BCUT2D eigenvalue weighted by Gasteiger charge is 2.09. The van der Waals surface area contributed by atoms with Crippen LogP contribution >= 0.6 is 15.9 Å². The molecule has 0 aliphatic carbocycles. The molecule has 0 bridgehead atoms.